The summed E-state index contributed by atoms with van der Waals surface area (Å²) in [5.41, 5.74) is 2.07. The molecule has 1 heterocycles. The Hall–Kier alpha value is -1.12. The molecule has 2 nitrogen and oxygen atoms in total. The van der Waals surface area contributed by atoms with Gasteiger partial charge in [-0.05, 0) is 32.1 Å². The topological polar surface area (TPSA) is 16.1 Å². The van der Waals surface area contributed by atoms with E-state index in [1.807, 2.05) is 18.2 Å². The second-order valence-corrected chi connectivity index (χ2v) is 5.08. The molecule has 0 bridgehead atoms. The number of halogens is 1. The Labute approximate surface area is 114 Å². The molecule has 1 aromatic carbocycles. The van der Waals surface area contributed by atoms with Crippen LogP contribution in [0.25, 0.3) is 10.9 Å². The van der Waals surface area contributed by atoms with Gasteiger partial charge in [-0.25, -0.2) is 4.98 Å². The predicted octanol–water partition coefficient (Wildman–Crippen LogP) is 4.12. The van der Waals surface area contributed by atoms with E-state index in [2.05, 4.69) is 36.0 Å². The Balaban J connectivity index is 2.19. The highest BCUT2D eigenvalue weighted by atomic mass is 35.5. The molecule has 0 unspecified atom stereocenters. The van der Waals surface area contributed by atoms with Gasteiger partial charge < -0.3 is 4.90 Å². The van der Waals surface area contributed by atoms with Crippen LogP contribution in [0.2, 0.25) is 5.15 Å². The predicted molar refractivity (Wildman–Crippen MR) is 78.0 cm³/mol. The lowest BCUT2D eigenvalue weighted by molar-refractivity contribution is 0.320. The summed E-state index contributed by atoms with van der Waals surface area (Å²) in [6, 6.07) is 10.2. The molecule has 0 aliphatic rings. The summed E-state index contributed by atoms with van der Waals surface area (Å²) < 4.78 is 0. The van der Waals surface area contributed by atoms with E-state index in [0.29, 0.717) is 5.15 Å². The lowest BCUT2D eigenvalue weighted by atomic mass is 10.1. The van der Waals surface area contributed by atoms with E-state index >= 15 is 0 Å². The van der Waals surface area contributed by atoms with Gasteiger partial charge in [-0.2, -0.15) is 0 Å². The van der Waals surface area contributed by atoms with Crippen molar-refractivity contribution in [1.82, 2.24) is 9.88 Å². The molecule has 0 saturated carbocycles. The molecule has 18 heavy (non-hydrogen) atoms. The molecule has 0 radical (unpaired) electrons. The minimum absolute atomic E-state index is 0.622. The van der Waals surface area contributed by atoms with Gasteiger partial charge in [0.15, 0.2) is 0 Å². The molecule has 0 saturated heterocycles. The number of nitrogens with zero attached hydrogens (tertiary/aromatic N) is 2. The summed E-state index contributed by atoms with van der Waals surface area (Å²) >= 11 is 6.24. The van der Waals surface area contributed by atoms with Gasteiger partial charge >= 0.3 is 0 Å². The molecule has 0 spiro atoms. The maximum absolute atomic E-state index is 6.24. The monoisotopic (exact) mass is 262 g/mol. The number of unbranched alkanes of at least 4 members (excludes halogenated alkanes) is 1. The maximum atomic E-state index is 6.24. The summed E-state index contributed by atoms with van der Waals surface area (Å²) in [6.45, 7) is 4.16. The van der Waals surface area contributed by atoms with Crippen molar-refractivity contribution in [2.75, 3.05) is 13.6 Å². The molecular formula is C15H19ClN2. The first kappa shape index (κ1) is 13.3. The summed E-state index contributed by atoms with van der Waals surface area (Å²) in [4.78, 5) is 6.74. The van der Waals surface area contributed by atoms with Crippen molar-refractivity contribution in [3.8, 4) is 0 Å². The number of fused-ring (bicyclic) bond motifs is 1. The molecule has 3 heteroatoms. The highest BCUT2D eigenvalue weighted by molar-refractivity contribution is 6.30. The van der Waals surface area contributed by atoms with Crippen LogP contribution in [0, 0.1) is 0 Å². The zero-order valence-electron chi connectivity index (χ0n) is 11.0. The largest absolute Gasteiger partial charge is 0.302 e. The molecule has 0 aliphatic heterocycles. The van der Waals surface area contributed by atoms with Crippen LogP contribution in [0.3, 0.4) is 0 Å². The standard InChI is InChI=1S/C15H19ClN2/c1-3-4-9-18(2)11-13-10-12-7-5-6-8-14(12)17-15(13)16/h5-8,10H,3-4,9,11H2,1-2H3. The number of rotatable bonds is 5. The molecule has 1 aromatic heterocycles. The number of aromatic nitrogens is 1. The van der Waals surface area contributed by atoms with Crippen LogP contribution in [0.1, 0.15) is 25.3 Å². The van der Waals surface area contributed by atoms with Crippen molar-refractivity contribution in [2.45, 2.75) is 26.3 Å². The maximum Gasteiger partial charge on any atom is 0.134 e. The fraction of sp³-hybridized carbons (Fsp3) is 0.400. The Morgan fingerprint density at radius 3 is 2.83 bits per heavy atom. The average Bonchev–Trinajstić information content (AvgIpc) is 2.37. The number of benzene rings is 1. The van der Waals surface area contributed by atoms with Gasteiger partial charge in [0.25, 0.3) is 0 Å². The van der Waals surface area contributed by atoms with Gasteiger partial charge in [-0.15, -0.1) is 0 Å². The van der Waals surface area contributed by atoms with E-state index in [-0.39, 0.29) is 0 Å². The second-order valence-electron chi connectivity index (χ2n) is 4.72. The van der Waals surface area contributed by atoms with Crippen molar-refractivity contribution < 1.29 is 0 Å². The Kier molecular flexibility index (Phi) is 4.56. The van der Waals surface area contributed by atoms with Gasteiger partial charge in [-0.3, -0.25) is 0 Å². The van der Waals surface area contributed by atoms with E-state index < -0.39 is 0 Å². The average molecular weight is 263 g/mol. The molecule has 2 rings (SSSR count). The smallest absolute Gasteiger partial charge is 0.134 e. The highest BCUT2D eigenvalue weighted by Crippen LogP contribution is 2.21. The number of para-hydroxylation sites is 1. The van der Waals surface area contributed by atoms with Crippen molar-refractivity contribution in [3.63, 3.8) is 0 Å². The van der Waals surface area contributed by atoms with Crippen molar-refractivity contribution >= 4 is 22.5 Å². The van der Waals surface area contributed by atoms with Crippen LogP contribution < -0.4 is 0 Å². The summed E-state index contributed by atoms with van der Waals surface area (Å²) in [5, 5.41) is 1.78. The molecule has 0 amide bonds. The molecule has 0 aliphatic carbocycles. The van der Waals surface area contributed by atoms with Crippen LogP contribution in [-0.2, 0) is 6.54 Å². The van der Waals surface area contributed by atoms with Crippen molar-refractivity contribution in [2.24, 2.45) is 0 Å². The Bertz CT molecular complexity index is 525. The Morgan fingerprint density at radius 1 is 1.28 bits per heavy atom. The first-order valence-corrected chi connectivity index (χ1v) is 6.81. The van der Waals surface area contributed by atoms with E-state index in [0.717, 1.165) is 29.6 Å². The molecular weight excluding hydrogens is 244 g/mol. The second kappa shape index (κ2) is 6.17. The van der Waals surface area contributed by atoms with Crippen LogP contribution in [0.5, 0.6) is 0 Å². The highest BCUT2D eigenvalue weighted by Gasteiger charge is 2.07. The minimum Gasteiger partial charge on any atom is -0.302 e. The fourth-order valence-electron chi connectivity index (χ4n) is 2.04. The van der Waals surface area contributed by atoms with E-state index in [1.165, 1.54) is 12.8 Å². The van der Waals surface area contributed by atoms with Crippen molar-refractivity contribution in [3.05, 3.63) is 41.0 Å². The third kappa shape index (κ3) is 3.21. The number of pyridine rings is 1. The van der Waals surface area contributed by atoms with Crippen LogP contribution in [0.15, 0.2) is 30.3 Å². The zero-order valence-corrected chi connectivity index (χ0v) is 11.7. The van der Waals surface area contributed by atoms with Gasteiger partial charge in [0.05, 0.1) is 5.52 Å². The summed E-state index contributed by atoms with van der Waals surface area (Å²) in [6.07, 6.45) is 2.43. The minimum atomic E-state index is 0.622. The molecule has 96 valence electrons. The third-order valence-electron chi connectivity index (χ3n) is 3.08. The summed E-state index contributed by atoms with van der Waals surface area (Å²) in [7, 11) is 2.13. The van der Waals surface area contributed by atoms with E-state index in [9.17, 15) is 0 Å². The first-order chi connectivity index (χ1) is 8.70. The molecule has 2 aromatic rings. The van der Waals surface area contributed by atoms with Gasteiger partial charge in [0.2, 0.25) is 0 Å². The van der Waals surface area contributed by atoms with E-state index in [1.54, 1.807) is 0 Å². The van der Waals surface area contributed by atoms with Gasteiger partial charge in [0.1, 0.15) is 5.15 Å². The molecule has 0 fully saturated rings. The quantitative estimate of drug-likeness (QED) is 0.754. The van der Waals surface area contributed by atoms with E-state index in [4.69, 9.17) is 11.6 Å². The lowest BCUT2D eigenvalue weighted by Crippen LogP contribution is -2.19. The zero-order chi connectivity index (χ0) is 13.0. The van der Waals surface area contributed by atoms with Crippen molar-refractivity contribution in [1.29, 1.82) is 0 Å². The normalized spacial score (nSPS) is 11.3. The van der Waals surface area contributed by atoms with Crippen LogP contribution in [0.4, 0.5) is 0 Å². The number of hydrogen-bond donors (Lipinski definition) is 0. The van der Waals surface area contributed by atoms with Crippen LogP contribution in [-0.4, -0.2) is 23.5 Å². The van der Waals surface area contributed by atoms with Crippen LogP contribution >= 0.6 is 11.6 Å². The number of hydrogen-bond acceptors (Lipinski definition) is 2. The fourth-order valence-corrected chi connectivity index (χ4v) is 2.25. The van der Waals surface area contributed by atoms with Gasteiger partial charge in [-0.1, -0.05) is 43.1 Å². The lowest BCUT2D eigenvalue weighted by Gasteiger charge is -2.17. The molecule has 0 N–H and O–H groups in total. The SMILES string of the molecule is CCCCN(C)Cc1cc2ccccc2nc1Cl. The van der Waals surface area contributed by atoms with Gasteiger partial charge in [0, 0.05) is 17.5 Å². The Morgan fingerprint density at radius 2 is 2.06 bits per heavy atom. The third-order valence-corrected chi connectivity index (χ3v) is 3.41. The molecule has 0 atom stereocenters. The first-order valence-electron chi connectivity index (χ1n) is 6.43. The summed E-state index contributed by atoms with van der Waals surface area (Å²) in [5.74, 6) is 0.